The van der Waals surface area contributed by atoms with Gasteiger partial charge in [0.15, 0.2) is 11.5 Å². The third kappa shape index (κ3) is 2.98. The highest BCUT2D eigenvalue weighted by Crippen LogP contribution is 2.35. The van der Waals surface area contributed by atoms with Crippen molar-refractivity contribution in [2.75, 3.05) is 13.2 Å². The van der Waals surface area contributed by atoms with E-state index in [0.717, 1.165) is 10.0 Å². The number of aromatic nitrogens is 4. The van der Waals surface area contributed by atoms with Crippen LogP contribution in [0, 0.1) is 0 Å². The van der Waals surface area contributed by atoms with Crippen LogP contribution in [0.2, 0.25) is 0 Å². The highest BCUT2D eigenvalue weighted by Gasteiger charge is 2.19. The summed E-state index contributed by atoms with van der Waals surface area (Å²) in [6, 6.07) is 3.63. The molecule has 1 aromatic carbocycles. The molecular weight excluding hydrogens is 404 g/mol. The van der Waals surface area contributed by atoms with E-state index in [1.54, 1.807) is 4.52 Å². The Morgan fingerprint density at radius 3 is 2.81 bits per heavy atom. The van der Waals surface area contributed by atoms with Crippen LogP contribution >= 0.6 is 15.9 Å². The third-order valence-corrected chi connectivity index (χ3v) is 4.77. The number of hydrogen-bond acceptors (Lipinski definition) is 7. The molecule has 4 rings (SSSR count). The van der Waals surface area contributed by atoms with Crippen molar-refractivity contribution in [1.82, 2.24) is 19.6 Å². The number of benzene rings is 1. The molecule has 9 heteroatoms. The highest BCUT2D eigenvalue weighted by molar-refractivity contribution is 9.10. The van der Waals surface area contributed by atoms with Crippen molar-refractivity contribution in [2.45, 2.75) is 20.0 Å². The molecule has 3 aromatic rings. The summed E-state index contributed by atoms with van der Waals surface area (Å²) in [5, 5.41) is 4.11. The maximum Gasteiger partial charge on any atom is 0.341 e. The molecule has 0 atom stereocenters. The van der Waals surface area contributed by atoms with Crippen LogP contribution in [0.3, 0.4) is 0 Å². The molecule has 3 heterocycles. The molecule has 0 bridgehead atoms. The van der Waals surface area contributed by atoms with Crippen LogP contribution in [-0.4, -0.2) is 38.8 Å². The van der Waals surface area contributed by atoms with Crippen molar-refractivity contribution in [1.29, 1.82) is 0 Å². The van der Waals surface area contributed by atoms with Crippen LogP contribution in [0.25, 0.3) is 5.78 Å². The minimum atomic E-state index is -0.464. The van der Waals surface area contributed by atoms with Gasteiger partial charge in [-0.2, -0.15) is 10.1 Å². The molecule has 134 valence electrons. The minimum Gasteiger partial charge on any atom is -0.486 e. The second kappa shape index (κ2) is 6.91. The van der Waals surface area contributed by atoms with Crippen molar-refractivity contribution in [2.24, 2.45) is 0 Å². The Bertz CT molecular complexity index is 988. The van der Waals surface area contributed by atoms with Gasteiger partial charge in [-0.1, -0.05) is 22.9 Å². The van der Waals surface area contributed by atoms with Gasteiger partial charge in [0, 0.05) is 16.2 Å². The Hall–Kier alpha value is -2.68. The van der Waals surface area contributed by atoms with E-state index in [1.165, 1.54) is 12.5 Å². The summed E-state index contributed by atoms with van der Waals surface area (Å²) < 4.78 is 18.9. The van der Waals surface area contributed by atoms with Gasteiger partial charge < -0.3 is 14.2 Å². The van der Waals surface area contributed by atoms with Gasteiger partial charge in [0.2, 0.25) is 0 Å². The number of nitrogens with zero attached hydrogens (tertiary/aromatic N) is 4. The fraction of sp³-hybridized carbons (Fsp3) is 0.294. The van der Waals surface area contributed by atoms with Crippen LogP contribution in [0.5, 0.6) is 11.5 Å². The van der Waals surface area contributed by atoms with Crippen LogP contribution in [-0.2, 0) is 17.8 Å². The molecule has 0 fully saturated rings. The topological polar surface area (TPSA) is 87.8 Å². The molecule has 1 aliphatic rings. The first-order valence-electron chi connectivity index (χ1n) is 8.10. The molecule has 0 N–H and O–H groups in total. The molecule has 1 aliphatic heterocycles. The van der Waals surface area contributed by atoms with E-state index in [9.17, 15) is 4.79 Å². The second-order valence-corrected chi connectivity index (χ2v) is 6.46. The minimum absolute atomic E-state index is 0.0919. The normalized spacial score (nSPS) is 13.0. The average molecular weight is 419 g/mol. The van der Waals surface area contributed by atoms with Gasteiger partial charge in [-0.15, -0.1) is 0 Å². The molecule has 0 radical (unpaired) electrons. The first-order chi connectivity index (χ1) is 12.7. The van der Waals surface area contributed by atoms with Gasteiger partial charge in [0.05, 0.1) is 11.3 Å². The largest absolute Gasteiger partial charge is 0.486 e. The van der Waals surface area contributed by atoms with Crippen molar-refractivity contribution in [3.8, 4) is 11.5 Å². The Kier molecular flexibility index (Phi) is 4.46. The summed E-state index contributed by atoms with van der Waals surface area (Å²) in [6.45, 7) is 3.04. The number of rotatable bonds is 4. The van der Waals surface area contributed by atoms with E-state index in [0.29, 0.717) is 48.2 Å². The maximum atomic E-state index is 12.6. The maximum absolute atomic E-state index is 12.6. The van der Waals surface area contributed by atoms with E-state index in [-0.39, 0.29) is 6.61 Å². The molecule has 0 spiro atoms. The second-order valence-electron chi connectivity index (χ2n) is 5.61. The lowest BCUT2D eigenvalue weighted by Gasteiger charge is -2.20. The molecule has 8 nitrogen and oxygen atoms in total. The zero-order chi connectivity index (χ0) is 18.1. The lowest BCUT2D eigenvalue weighted by molar-refractivity contribution is 0.0468. The number of aryl methyl sites for hydroxylation is 1. The fourth-order valence-corrected chi connectivity index (χ4v) is 3.21. The standard InChI is InChI=1S/C17H15BrN4O4/c1-2-13-11(7-19-17-20-9-21-22(13)17)16(23)26-8-10-5-14-15(6-12(10)18)25-4-3-24-14/h5-7,9H,2-4,8H2,1H3. The van der Waals surface area contributed by atoms with E-state index < -0.39 is 5.97 Å². The molecule has 0 saturated carbocycles. The fourth-order valence-electron chi connectivity index (χ4n) is 2.77. The quantitative estimate of drug-likeness (QED) is 0.601. The lowest BCUT2D eigenvalue weighted by atomic mass is 10.2. The van der Waals surface area contributed by atoms with Crippen LogP contribution in [0.15, 0.2) is 29.1 Å². The monoisotopic (exact) mass is 418 g/mol. The Morgan fingerprint density at radius 1 is 1.27 bits per heavy atom. The molecule has 0 amide bonds. The van der Waals surface area contributed by atoms with Crippen molar-refractivity contribution in [3.05, 3.63) is 46.0 Å². The van der Waals surface area contributed by atoms with Gasteiger partial charge in [-0.05, 0) is 18.6 Å². The van der Waals surface area contributed by atoms with Crippen molar-refractivity contribution in [3.63, 3.8) is 0 Å². The van der Waals surface area contributed by atoms with Gasteiger partial charge in [-0.3, -0.25) is 0 Å². The van der Waals surface area contributed by atoms with E-state index >= 15 is 0 Å². The van der Waals surface area contributed by atoms with Crippen molar-refractivity contribution < 1.29 is 19.0 Å². The molecule has 0 unspecified atom stereocenters. The number of ether oxygens (including phenoxy) is 3. The Morgan fingerprint density at radius 2 is 2.04 bits per heavy atom. The number of esters is 1. The first kappa shape index (κ1) is 16.8. The summed E-state index contributed by atoms with van der Waals surface area (Å²) in [6.07, 6.45) is 3.48. The van der Waals surface area contributed by atoms with Gasteiger partial charge >= 0.3 is 5.97 Å². The number of halogens is 1. The predicted molar refractivity (Wildman–Crippen MR) is 94.4 cm³/mol. The summed E-state index contributed by atoms with van der Waals surface area (Å²) in [7, 11) is 0. The summed E-state index contributed by atoms with van der Waals surface area (Å²) in [5.41, 5.74) is 1.87. The zero-order valence-electron chi connectivity index (χ0n) is 13.9. The number of carbonyl (C=O) groups excluding carboxylic acids is 1. The van der Waals surface area contributed by atoms with E-state index in [4.69, 9.17) is 14.2 Å². The zero-order valence-corrected chi connectivity index (χ0v) is 15.5. The molecular formula is C17H15BrN4O4. The molecule has 0 saturated heterocycles. The number of fused-ring (bicyclic) bond motifs is 2. The van der Waals surface area contributed by atoms with E-state index in [1.807, 2.05) is 19.1 Å². The van der Waals surface area contributed by atoms with Gasteiger partial charge in [0.1, 0.15) is 26.1 Å². The molecule has 26 heavy (non-hydrogen) atoms. The first-order valence-corrected chi connectivity index (χ1v) is 8.89. The summed E-state index contributed by atoms with van der Waals surface area (Å²) >= 11 is 3.48. The van der Waals surface area contributed by atoms with Crippen LogP contribution in [0.1, 0.15) is 28.5 Å². The number of carbonyl (C=O) groups is 1. The van der Waals surface area contributed by atoms with Crippen LogP contribution < -0.4 is 9.47 Å². The van der Waals surface area contributed by atoms with Crippen LogP contribution in [0.4, 0.5) is 0 Å². The highest BCUT2D eigenvalue weighted by atomic mass is 79.9. The van der Waals surface area contributed by atoms with Gasteiger partial charge in [-0.25, -0.2) is 14.3 Å². The Labute approximate surface area is 157 Å². The molecule has 2 aromatic heterocycles. The summed E-state index contributed by atoms with van der Waals surface area (Å²) in [4.78, 5) is 20.7. The number of hydrogen-bond donors (Lipinski definition) is 0. The predicted octanol–water partition coefficient (Wildman–Crippen LogP) is 2.58. The van der Waals surface area contributed by atoms with Gasteiger partial charge in [0.25, 0.3) is 5.78 Å². The van der Waals surface area contributed by atoms with Crippen molar-refractivity contribution >= 4 is 27.7 Å². The average Bonchev–Trinajstić information content (AvgIpc) is 3.14. The molecule has 0 aliphatic carbocycles. The SMILES string of the molecule is CCc1c(C(=O)OCc2cc3c(cc2Br)OCCO3)cnc2ncnn12. The lowest BCUT2D eigenvalue weighted by Crippen LogP contribution is -2.16. The summed E-state index contributed by atoms with van der Waals surface area (Å²) in [5.74, 6) is 1.30. The third-order valence-electron chi connectivity index (χ3n) is 4.03. The smallest absolute Gasteiger partial charge is 0.341 e. The Balaban J connectivity index is 1.56. The van der Waals surface area contributed by atoms with E-state index in [2.05, 4.69) is 31.0 Å².